The number of aromatic nitrogens is 1. The Bertz CT molecular complexity index is 566. The Kier molecular flexibility index (Phi) is 5.22. The maximum atomic E-state index is 12.5. The summed E-state index contributed by atoms with van der Waals surface area (Å²) in [6.07, 6.45) is 7.08. The van der Waals surface area contributed by atoms with E-state index in [1.807, 2.05) is 6.92 Å². The maximum Gasteiger partial charge on any atom is 0.244 e. The molecule has 1 aliphatic rings. The summed E-state index contributed by atoms with van der Waals surface area (Å²) >= 11 is 0. The molecule has 0 amide bonds. The van der Waals surface area contributed by atoms with Crippen molar-refractivity contribution in [2.45, 2.75) is 50.8 Å². The van der Waals surface area contributed by atoms with Crippen molar-refractivity contribution < 1.29 is 8.42 Å². The van der Waals surface area contributed by atoms with Gasteiger partial charge >= 0.3 is 0 Å². The molecule has 0 bridgehead atoms. The van der Waals surface area contributed by atoms with E-state index in [0.29, 0.717) is 18.9 Å². The first-order chi connectivity index (χ1) is 9.97. The molecule has 0 aliphatic heterocycles. The molecule has 2 N–H and O–H groups in total. The van der Waals surface area contributed by atoms with Gasteiger partial charge in [-0.1, -0.05) is 26.7 Å². The van der Waals surface area contributed by atoms with Crippen LogP contribution >= 0.6 is 0 Å². The first-order valence-corrected chi connectivity index (χ1v) is 9.14. The molecule has 118 valence electrons. The molecule has 1 heterocycles. The second-order valence-electron chi connectivity index (χ2n) is 6.12. The van der Waals surface area contributed by atoms with E-state index in [9.17, 15) is 8.42 Å². The summed E-state index contributed by atoms with van der Waals surface area (Å²) in [4.78, 5) is 4.39. The van der Waals surface area contributed by atoms with Crippen molar-refractivity contribution in [2.75, 3.05) is 18.4 Å². The van der Waals surface area contributed by atoms with Gasteiger partial charge in [-0.15, -0.1) is 0 Å². The third-order valence-electron chi connectivity index (χ3n) is 4.10. The van der Waals surface area contributed by atoms with Crippen molar-refractivity contribution in [3.8, 4) is 0 Å². The lowest BCUT2D eigenvalue weighted by molar-refractivity contribution is 0.336. The number of hydrogen-bond acceptors (Lipinski definition) is 4. The van der Waals surface area contributed by atoms with Crippen LogP contribution in [0.4, 0.5) is 5.82 Å². The topological polar surface area (TPSA) is 71.1 Å². The lowest BCUT2D eigenvalue weighted by Crippen LogP contribution is -2.34. The summed E-state index contributed by atoms with van der Waals surface area (Å²) in [5, 5.41) is 3.08. The third kappa shape index (κ3) is 4.17. The van der Waals surface area contributed by atoms with E-state index in [4.69, 9.17) is 0 Å². The van der Waals surface area contributed by atoms with Crippen molar-refractivity contribution in [3.05, 3.63) is 18.3 Å². The molecule has 0 radical (unpaired) electrons. The van der Waals surface area contributed by atoms with Gasteiger partial charge in [0.1, 0.15) is 10.7 Å². The normalized spacial score (nSPS) is 17.8. The van der Waals surface area contributed by atoms with E-state index in [1.54, 1.807) is 18.3 Å². The summed E-state index contributed by atoms with van der Waals surface area (Å²) in [6, 6.07) is 3.26. The third-order valence-corrected chi connectivity index (χ3v) is 5.54. The number of sulfonamides is 1. The number of hydrogen-bond donors (Lipinski definition) is 2. The first kappa shape index (κ1) is 16.2. The molecule has 1 aromatic rings. The molecule has 0 unspecified atom stereocenters. The van der Waals surface area contributed by atoms with E-state index in [1.165, 1.54) is 12.8 Å². The highest BCUT2D eigenvalue weighted by molar-refractivity contribution is 7.89. The van der Waals surface area contributed by atoms with Crippen molar-refractivity contribution in [2.24, 2.45) is 5.41 Å². The molecule has 1 fully saturated rings. The Morgan fingerprint density at radius 2 is 2.05 bits per heavy atom. The molecule has 1 aromatic heterocycles. The molecule has 1 saturated carbocycles. The van der Waals surface area contributed by atoms with E-state index in [-0.39, 0.29) is 10.3 Å². The van der Waals surface area contributed by atoms with Crippen LogP contribution in [-0.2, 0) is 10.0 Å². The molecule has 5 nitrogen and oxygen atoms in total. The van der Waals surface area contributed by atoms with E-state index >= 15 is 0 Å². The molecule has 0 saturated heterocycles. The fraction of sp³-hybridized carbons (Fsp3) is 0.667. The number of nitrogens with one attached hydrogen (secondary N) is 2. The van der Waals surface area contributed by atoms with Crippen LogP contribution in [0.25, 0.3) is 0 Å². The summed E-state index contributed by atoms with van der Waals surface area (Å²) < 4.78 is 27.8. The Labute approximate surface area is 127 Å². The largest absolute Gasteiger partial charge is 0.369 e. The smallest absolute Gasteiger partial charge is 0.244 e. The Hall–Kier alpha value is -1.14. The van der Waals surface area contributed by atoms with Crippen LogP contribution in [0.2, 0.25) is 0 Å². The average Bonchev–Trinajstić information content (AvgIpc) is 2.91. The fourth-order valence-electron chi connectivity index (χ4n) is 2.74. The van der Waals surface area contributed by atoms with Gasteiger partial charge in [0.25, 0.3) is 0 Å². The van der Waals surface area contributed by atoms with Crippen molar-refractivity contribution in [1.82, 2.24) is 9.71 Å². The standard InChI is InChI=1S/C15H25N3O2S/c1-3-10-16-14-13(7-6-11-17-14)21(19,20)18-12-15(2)8-4-5-9-15/h6-7,11,18H,3-5,8-10,12H2,1-2H3,(H,16,17). The van der Waals surface area contributed by atoms with Gasteiger partial charge in [0.2, 0.25) is 10.0 Å². The predicted octanol–water partition coefficient (Wildman–Crippen LogP) is 2.76. The van der Waals surface area contributed by atoms with E-state index in [0.717, 1.165) is 19.3 Å². The molecule has 6 heteroatoms. The van der Waals surface area contributed by atoms with Gasteiger partial charge in [-0.2, -0.15) is 0 Å². The lowest BCUT2D eigenvalue weighted by Gasteiger charge is -2.23. The monoisotopic (exact) mass is 311 g/mol. The molecule has 0 atom stereocenters. The number of anilines is 1. The lowest BCUT2D eigenvalue weighted by atomic mass is 9.89. The average molecular weight is 311 g/mol. The van der Waals surface area contributed by atoms with Gasteiger partial charge in [0.05, 0.1) is 0 Å². The van der Waals surface area contributed by atoms with Crippen LogP contribution in [0, 0.1) is 5.41 Å². The summed E-state index contributed by atoms with van der Waals surface area (Å²) in [6.45, 7) is 5.39. The Morgan fingerprint density at radius 3 is 2.71 bits per heavy atom. The van der Waals surface area contributed by atoms with Crippen molar-refractivity contribution >= 4 is 15.8 Å². The number of nitrogens with zero attached hydrogens (tertiary/aromatic N) is 1. The Balaban J connectivity index is 2.11. The second-order valence-corrected chi connectivity index (χ2v) is 7.85. The van der Waals surface area contributed by atoms with E-state index in [2.05, 4.69) is 21.9 Å². The van der Waals surface area contributed by atoms with Crippen LogP contribution < -0.4 is 10.0 Å². The van der Waals surface area contributed by atoms with Gasteiger partial charge in [0, 0.05) is 19.3 Å². The first-order valence-electron chi connectivity index (χ1n) is 7.65. The second kappa shape index (κ2) is 6.75. The van der Waals surface area contributed by atoms with Gasteiger partial charge < -0.3 is 5.32 Å². The minimum atomic E-state index is -3.52. The highest BCUT2D eigenvalue weighted by atomic mass is 32.2. The van der Waals surface area contributed by atoms with Crippen LogP contribution in [0.5, 0.6) is 0 Å². The zero-order valence-corrected chi connectivity index (χ0v) is 13.7. The molecule has 21 heavy (non-hydrogen) atoms. The summed E-state index contributed by atoms with van der Waals surface area (Å²) in [5.41, 5.74) is 0.0896. The molecule has 1 aliphatic carbocycles. The molecule has 0 spiro atoms. The quantitative estimate of drug-likeness (QED) is 0.812. The highest BCUT2D eigenvalue weighted by Gasteiger charge is 2.31. The van der Waals surface area contributed by atoms with Crippen LogP contribution in [0.15, 0.2) is 23.2 Å². The van der Waals surface area contributed by atoms with E-state index < -0.39 is 10.0 Å². The maximum absolute atomic E-state index is 12.5. The molecule has 0 aromatic carbocycles. The minimum Gasteiger partial charge on any atom is -0.369 e. The predicted molar refractivity (Wildman–Crippen MR) is 84.8 cm³/mol. The van der Waals surface area contributed by atoms with Crippen LogP contribution in [-0.4, -0.2) is 26.5 Å². The van der Waals surface area contributed by atoms with Crippen molar-refractivity contribution in [1.29, 1.82) is 0 Å². The van der Waals surface area contributed by atoms with Gasteiger partial charge in [0.15, 0.2) is 0 Å². The van der Waals surface area contributed by atoms with Crippen LogP contribution in [0.1, 0.15) is 46.0 Å². The summed E-state index contributed by atoms with van der Waals surface area (Å²) in [7, 11) is -3.52. The van der Waals surface area contributed by atoms with Gasteiger partial charge in [-0.3, -0.25) is 0 Å². The summed E-state index contributed by atoms with van der Waals surface area (Å²) in [5.74, 6) is 0.434. The van der Waals surface area contributed by atoms with Gasteiger partial charge in [-0.25, -0.2) is 18.1 Å². The fourth-order valence-corrected chi connectivity index (χ4v) is 4.07. The number of rotatable bonds is 7. The SMILES string of the molecule is CCCNc1ncccc1S(=O)(=O)NCC1(C)CCCC1. The molecular formula is C15H25N3O2S. The van der Waals surface area contributed by atoms with Crippen LogP contribution in [0.3, 0.4) is 0 Å². The van der Waals surface area contributed by atoms with Gasteiger partial charge in [-0.05, 0) is 36.8 Å². The number of pyridine rings is 1. The highest BCUT2D eigenvalue weighted by Crippen LogP contribution is 2.37. The zero-order chi connectivity index (χ0) is 15.3. The zero-order valence-electron chi connectivity index (χ0n) is 12.9. The molecule has 2 rings (SSSR count). The Morgan fingerprint density at radius 1 is 1.33 bits per heavy atom. The minimum absolute atomic E-state index is 0.0896. The van der Waals surface area contributed by atoms with Crippen molar-refractivity contribution in [3.63, 3.8) is 0 Å². The molecular weight excluding hydrogens is 286 g/mol.